The van der Waals surface area contributed by atoms with Crippen LogP contribution in [0, 0.1) is 5.82 Å². The van der Waals surface area contributed by atoms with Crippen molar-refractivity contribution in [1.82, 2.24) is 9.88 Å². The molecule has 1 aromatic heterocycles. The summed E-state index contributed by atoms with van der Waals surface area (Å²) in [5.41, 5.74) is 4.99. The number of methoxy groups -OCH3 is 1. The Morgan fingerprint density at radius 1 is 1.25 bits per heavy atom. The first-order chi connectivity index (χ1) is 13.2. The third-order valence-electron chi connectivity index (χ3n) is 5.96. The number of benzene rings is 2. The van der Waals surface area contributed by atoms with Crippen LogP contribution in [0.1, 0.15) is 30.0 Å². The molecule has 0 bridgehead atoms. The van der Waals surface area contributed by atoms with E-state index in [4.69, 9.17) is 4.74 Å². The first-order valence-corrected chi connectivity index (χ1v) is 9.84. The minimum Gasteiger partial charge on any atom is -0.496 e. The van der Waals surface area contributed by atoms with Gasteiger partial charge in [-0.05, 0) is 73.2 Å². The molecule has 3 aromatic rings. The Balaban J connectivity index is 0.00000225. The van der Waals surface area contributed by atoms with Crippen molar-refractivity contribution in [3.63, 3.8) is 0 Å². The maximum Gasteiger partial charge on any atom is 0.123 e. The Kier molecular flexibility index (Phi) is 6.63. The lowest BCUT2D eigenvalue weighted by Crippen LogP contribution is -2.40. The van der Waals surface area contributed by atoms with Crippen molar-refractivity contribution < 1.29 is 9.13 Å². The maximum absolute atomic E-state index is 13.6. The zero-order chi connectivity index (χ0) is 18.8. The normalized spacial score (nSPS) is 16.1. The largest absolute Gasteiger partial charge is 0.496 e. The molecule has 150 valence electrons. The number of likely N-dealkylation sites (N-methyl/N-ethyl adjacent to an activating group) is 1. The highest BCUT2D eigenvalue weighted by Crippen LogP contribution is 2.31. The van der Waals surface area contributed by atoms with Crippen LogP contribution in [0.4, 0.5) is 4.39 Å². The summed E-state index contributed by atoms with van der Waals surface area (Å²) >= 11 is 0. The van der Waals surface area contributed by atoms with Gasteiger partial charge in [0, 0.05) is 29.7 Å². The fourth-order valence-corrected chi connectivity index (χ4v) is 4.46. The molecule has 2 aromatic carbocycles. The second-order valence-electron chi connectivity index (χ2n) is 7.38. The van der Waals surface area contributed by atoms with Crippen molar-refractivity contribution in [2.45, 2.75) is 38.6 Å². The second kappa shape index (κ2) is 8.97. The molecule has 1 aliphatic carbocycles. The molecular formula is C23H28ClFN2O. The quantitative estimate of drug-likeness (QED) is 0.616. The van der Waals surface area contributed by atoms with Crippen LogP contribution < -0.4 is 4.74 Å². The van der Waals surface area contributed by atoms with Crippen LogP contribution in [0.25, 0.3) is 10.9 Å². The molecular weight excluding hydrogens is 375 g/mol. The predicted molar refractivity (Wildman–Crippen MR) is 115 cm³/mol. The van der Waals surface area contributed by atoms with Crippen molar-refractivity contribution in [3.8, 4) is 5.75 Å². The lowest BCUT2D eigenvalue weighted by molar-refractivity contribution is 0.190. The van der Waals surface area contributed by atoms with Gasteiger partial charge in [-0.3, -0.25) is 4.90 Å². The molecule has 1 N–H and O–H groups in total. The highest BCUT2D eigenvalue weighted by atomic mass is 35.5. The summed E-state index contributed by atoms with van der Waals surface area (Å²) < 4.78 is 19.2. The summed E-state index contributed by atoms with van der Waals surface area (Å²) in [6.45, 7) is 4.23. The second-order valence-corrected chi connectivity index (χ2v) is 7.38. The Hall–Kier alpha value is -2.04. The number of nitrogens with one attached hydrogen (secondary N) is 1. The number of rotatable bonds is 6. The van der Waals surface area contributed by atoms with Crippen molar-refractivity contribution in [3.05, 3.63) is 65.1 Å². The number of hydrogen-bond acceptors (Lipinski definition) is 2. The summed E-state index contributed by atoms with van der Waals surface area (Å²) in [5.74, 6) is 0.840. The Labute approximate surface area is 172 Å². The standard InChI is InChI=1S/C23H27FN2O.ClH/c1-3-26(12-11-17-15-25-22-10-8-18(24)13-20(17)22)19-9-7-16-5-4-6-23(27-2)21(16)14-19;/h4-6,8,10,13,15,19,25H,3,7,9,11-12,14H2,1-2H3;1H. The number of aromatic nitrogens is 1. The zero-order valence-corrected chi connectivity index (χ0v) is 17.3. The molecule has 1 aliphatic rings. The summed E-state index contributed by atoms with van der Waals surface area (Å²) in [6, 6.07) is 11.9. The minimum absolute atomic E-state index is 0. The number of fused-ring (bicyclic) bond motifs is 2. The number of nitrogens with zero attached hydrogens (tertiary/aromatic N) is 1. The summed E-state index contributed by atoms with van der Waals surface area (Å²) in [5, 5.41) is 1.00. The van der Waals surface area contributed by atoms with Crippen LogP contribution in [0.2, 0.25) is 0 Å². The van der Waals surface area contributed by atoms with Crippen LogP contribution in [0.3, 0.4) is 0 Å². The number of ether oxygens (including phenoxy) is 1. The topological polar surface area (TPSA) is 28.3 Å². The molecule has 3 nitrogen and oxygen atoms in total. The van der Waals surface area contributed by atoms with Crippen LogP contribution >= 0.6 is 12.4 Å². The molecule has 0 radical (unpaired) electrons. The molecule has 0 aliphatic heterocycles. The molecule has 0 saturated carbocycles. The van der Waals surface area contributed by atoms with Gasteiger partial charge in [0.05, 0.1) is 7.11 Å². The number of aryl methyl sites for hydroxylation is 1. The summed E-state index contributed by atoms with van der Waals surface area (Å²) in [7, 11) is 1.76. The van der Waals surface area contributed by atoms with Gasteiger partial charge in [0.1, 0.15) is 11.6 Å². The molecule has 28 heavy (non-hydrogen) atoms. The van der Waals surface area contributed by atoms with E-state index in [0.29, 0.717) is 6.04 Å². The Morgan fingerprint density at radius 3 is 2.89 bits per heavy atom. The van der Waals surface area contributed by atoms with E-state index in [9.17, 15) is 4.39 Å². The molecule has 0 fully saturated rings. The van der Waals surface area contributed by atoms with E-state index in [-0.39, 0.29) is 18.2 Å². The van der Waals surface area contributed by atoms with E-state index < -0.39 is 0 Å². The van der Waals surface area contributed by atoms with Crippen molar-refractivity contribution in [2.24, 2.45) is 0 Å². The van der Waals surface area contributed by atoms with Crippen LogP contribution in [0.15, 0.2) is 42.6 Å². The molecule has 0 saturated heterocycles. The third-order valence-corrected chi connectivity index (χ3v) is 5.96. The fraction of sp³-hybridized carbons (Fsp3) is 0.391. The van der Waals surface area contributed by atoms with Gasteiger partial charge >= 0.3 is 0 Å². The zero-order valence-electron chi connectivity index (χ0n) is 16.5. The molecule has 1 unspecified atom stereocenters. The van der Waals surface area contributed by atoms with Gasteiger partial charge in [-0.2, -0.15) is 0 Å². The Bertz CT molecular complexity index is 925. The van der Waals surface area contributed by atoms with Gasteiger partial charge in [0.2, 0.25) is 0 Å². The van der Waals surface area contributed by atoms with E-state index in [1.54, 1.807) is 13.2 Å². The van der Waals surface area contributed by atoms with Crippen LogP contribution in [0.5, 0.6) is 5.75 Å². The predicted octanol–water partition coefficient (Wildman–Crippen LogP) is 5.16. The average molecular weight is 403 g/mol. The molecule has 1 heterocycles. The van der Waals surface area contributed by atoms with E-state index in [1.165, 1.54) is 29.2 Å². The Morgan fingerprint density at radius 2 is 2.11 bits per heavy atom. The number of aromatic amines is 1. The van der Waals surface area contributed by atoms with Gasteiger partial charge in [-0.25, -0.2) is 4.39 Å². The lowest BCUT2D eigenvalue weighted by atomic mass is 9.86. The summed E-state index contributed by atoms with van der Waals surface area (Å²) in [6.07, 6.45) is 6.27. The van der Waals surface area contributed by atoms with Gasteiger partial charge in [-0.15, -0.1) is 12.4 Å². The minimum atomic E-state index is -0.174. The fourth-order valence-electron chi connectivity index (χ4n) is 4.46. The first kappa shape index (κ1) is 20.7. The van der Waals surface area contributed by atoms with E-state index in [2.05, 4.69) is 35.0 Å². The van der Waals surface area contributed by atoms with Crippen molar-refractivity contribution in [1.29, 1.82) is 0 Å². The molecule has 4 rings (SSSR count). The van der Waals surface area contributed by atoms with Crippen molar-refractivity contribution in [2.75, 3.05) is 20.2 Å². The molecule has 5 heteroatoms. The van der Waals surface area contributed by atoms with Crippen LogP contribution in [-0.2, 0) is 19.3 Å². The highest BCUT2D eigenvalue weighted by molar-refractivity contribution is 5.85. The van der Waals surface area contributed by atoms with E-state index >= 15 is 0 Å². The maximum atomic E-state index is 13.6. The van der Waals surface area contributed by atoms with E-state index in [1.807, 2.05) is 12.3 Å². The third kappa shape index (κ3) is 4.03. The number of H-pyrrole nitrogens is 1. The number of hydrogen-bond donors (Lipinski definition) is 1. The highest BCUT2D eigenvalue weighted by Gasteiger charge is 2.25. The lowest BCUT2D eigenvalue weighted by Gasteiger charge is -2.35. The van der Waals surface area contributed by atoms with Crippen molar-refractivity contribution >= 4 is 23.3 Å². The van der Waals surface area contributed by atoms with E-state index in [0.717, 1.165) is 49.0 Å². The molecule has 1 atom stereocenters. The monoisotopic (exact) mass is 402 g/mol. The van der Waals surface area contributed by atoms with Crippen LogP contribution in [-0.4, -0.2) is 36.1 Å². The number of halogens is 2. The summed E-state index contributed by atoms with van der Waals surface area (Å²) in [4.78, 5) is 5.83. The molecule has 0 amide bonds. The van der Waals surface area contributed by atoms with Gasteiger partial charge < -0.3 is 9.72 Å². The molecule has 0 spiro atoms. The SMILES string of the molecule is CCN(CCc1c[nH]c2ccc(F)cc12)C1CCc2cccc(OC)c2C1.Cl. The van der Waals surface area contributed by atoms with Gasteiger partial charge in [0.25, 0.3) is 0 Å². The average Bonchev–Trinajstić information content (AvgIpc) is 3.10. The smallest absolute Gasteiger partial charge is 0.123 e. The first-order valence-electron chi connectivity index (χ1n) is 9.84. The van der Waals surface area contributed by atoms with Gasteiger partial charge in [0.15, 0.2) is 0 Å². The van der Waals surface area contributed by atoms with Gasteiger partial charge in [-0.1, -0.05) is 19.1 Å².